The van der Waals surface area contributed by atoms with E-state index < -0.39 is 44.4 Å². The molecule has 0 unspecified atom stereocenters. The average molecular weight is 585 g/mol. The summed E-state index contributed by atoms with van der Waals surface area (Å²) in [7, 11) is -8.16. The highest BCUT2D eigenvalue weighted by molar-refractivity contribution is 7.89. The van der Waals surface area contributed by atoms with Gasteiger partial charge in [0.2, 0.25) is 26.0 Å². The maximum absolute atomic E-state index is 13.7. The van der Waals surface area contributed by atoms with Gasteiger partial charge in [-0.1, -0.05) is 55.5 Å². The van der Waals surface area contributed by atoms with Crippen LogP contribution >= 0.6 is 0 Å². The van der Waals surface area contributed by atoms with Crippen LogP contribution in [0, 0.1) is 0 Å². The minimum atomic E-state index is -4.16. The first-order valence-corrected chi connectivity index (χ1v) is 15.8. The van der Waals surface area contributed by atoms with Crippen LogP contribution in [0.15, 0.2) is 94.7 Å². The SMILES string of the molecule is CC[C@H](C)NC(=O)c1ccccc1NC(=O)[C@H]1CN(S(=O)(=O)c2ccccc2)CCN1S(=O)(=O)c1ccccc1. The van der Waals surface area contributed by atoms with Crippen molar-refractivity contribution in [1.82, 2.24) is 13.9 Å². The molecule has 40 heavy (non-hydrogen) atoms. The van der Waals surface area contributed by atoms with Crippen molar-refractivity contribution in [3.05, 3.63) is 90.5 Å². The Labute approximate surface area is 235 Å². The Morgan fingerprint density at radius 3 is 1.98 bits per heavy atom. The third-order valence-corrected chi connectivity index (χ3v) is 10.5. The molecule has 2 N–H and O–H groups in total. The average Bonchev–Trinajstić information content (AvgIpc) is 2.97. The highest BCUT2D eigenvalue weighted by Crippen LogP contribution is 2.26. The first-order valence-electron chi connectivity index (χ1n) is 12.9. The number of benzene rings is 3. The molecule has 1 aliphatic heterocycles. The fourth-order valence-corrected chi connectivity index (χ4v) is 7.39. The van der Waals surface area contributed by atoms with Crippen LogP contribution in [0.2, 0.25) is 0 Å². The number of piperazine rings is 1. The summed E-state index contributed by atoms with van der Waals surface area (Å²) in [6.45, 7) is 3.00. The van der Waals surface area contributed by atoms with Gasteiger partial charge < -0.3 is 10.6 Å². The monoisotopic (exact) mass is 584 g/mol. The van der Waals surface area contributed by atoms with E-state index in [4.69, 9.17) is 0 Å². The number of anilines is 1. The van der Waals surface area contributed by atoms with Gasteiger partial charge in [0, 0.05) is 25.7 Å². The Kier molecular flexibility index (Phi) is 9.04. The summed E-state index contributed by atoms with van der Waals surface area (Å²) in [5, 5.41) is 5.54. The van der Waals surface area contributed by atoms with Crippen LogP contribution in [0.25, 0.3) is 0 Å². The zero-order valence-electron chi connectivity index (χ0n) is 22.2. The molecule has 1 saturated heterocycles. The highest BCUT2D eigenvalue weighted by Gasteiger charge is 2.43. The van der Waals surface area contributed by atoms with E-state index in [2.05, 4.69) is 10.6 Å². The van der Waals surface area contributed by atoms with Crippen LogP contribution in [0.1, 0.15) is 30.6 Å². The molecule has 1 aliphatic rings. The van der Waals surface area contributed by atoms with Gasteiger partial charge >= 0.3 is 0 Å². The molecule has 1 heterocycles. The topological polar surface area (TPSA) is 133 Å². The molecule has 2 amide bonds. The molecule has 3 aromatic carbocycles. The lowest BCUT2D eigenvalue weighted by molar-refractivity contribution is -0.120. The second-order valence-corrected chi connectivity index (χ2v) is 13.3. The summed E-state index contributed by atoms with van der Waals surface area (Å²) < 4.78 is 56.2. The van der Waals surface area contributed by atoms with E-state index in [9.17, 15) is 26.4 Å². The predicted molar refractivity (Wildman–Crippen MR) is 152 cm³/mol. The smallest absolute Gasteiger partial charge is 0.253 e. The number of rotatable bonds is 9. The first-order chi connectivity index (χ1) is 19.1. The molecule has 1 fully saturated rings. The number of para-hydroxylation sites is 1. The Bertz CT molecular complexity index is 1560. The van der Waals surface area contributed by atoms with Gasteiger partial charge in [0.05, 0.1) is 21.0 Å². The normalized spacial score (nSPS) is 17.6. The Hall–Kier alpha value is -3.58. The van der Waals surface area contributed by atoms with Crippen molar-refractivity contribution < 1.29 is 26.4 Å². The Morgan fingerprint density at radius 1 is 0.825 bits per heavy atom. The fraction of sp³-hybridized carbons (Fsp3) is 0.286. The van der Waals surface area contributed by atoms with E-state index in [0.29, 0.717) is 6.42 Å². The Morgan fingerprint density at radius 2 is 1.38 bits per heavy atom. The minimum Gasteiger partial charge on any atom is -0.350 e. The van der Waals surface area contributed by atoms with Crippen LogP contribution in [0.5, 0.6) is 0 Å². The lowest BCUT2D eigenvalue weighted by atomic mass is 10.1. The van der Waals surface area contributed by atoms with Gasteiger partial charge in [-0.2, -0.15) is 8.61 Å². The summed E-state index contributed by atoms with van der Waals surface area (Å²) in [6.07, 6.45) is 0.709. The molecule has 12 heteroatoms. The van der Waals surface area contributed by atoms with Crippen molar-refractivity contribution >= 4 is 37.5 Å². The van der Waals surface area contributed by atoms with Crippen LogP contribution in [0.4, 0.5) is 5.69 Å². The number of sulfonamides is 2. The van der Waals surface area contributed by atoms with Gasteiger partial charge in [-0.15, -0.1) is 0 Å². The molecule has 0 bridgehead atoms. The van der Waals surface area contributed by atoms with Crippen molar-refractivity contribution in [3.63, 3.8) is 0 Å². The number of hydrogen-bond donors (Lipinski definition) is 2. The van der Waals surface area contributed by atoms with Crippen molar-refractivity contribution in [3.8, 4) is 0 Å². The molecule has 0 saturated carbocycles. The maximum atomic E-state index is 13.7. The van der Waals surface area contributed by atoms with Crippen LogP contribution in [0.3, 0.4) is 0 Å². The lowest BCUT2D eigenvalue weighted by Gasteiger charge is -2.39. The quantitative estimate of drug-likeness (QED) is 0.398. The van der Waals surface area contributed by atoms with Crippen molar-refractivity contribution in [2.75, 3.05) is 25.0 Å². The van der Waals surface area contributed by atoms with E-state index in [1.165, 1.54) is 24.3 Å². The van der Waals surface area contributed by atoms with E-state index in [0.717, 1.165) is 8.61 Å². The molecule has 10 nitrogen and oxygen atoms in total. The summed E-state index contributed by atoms with van der Waals surface area (Å²) in [4.78, 5) is 26.7. The van der Waals surface area contributed by atoms with Gasteiger partial charge in [-0.05, 0) is 49.7 Å². The number of nitrogens with zero attached hydrogens (tertiary/aromatic N) is 2. The third-order valence-electron chi connectivity index (χ3n) is 6.75. The molecular weight excluding hydrogens is 552 g/mol. The highest BCUT2D eigenvalue weighted by atomic mass is 32.2. The van der Waals surface area contributed by atoms with Gasteiger partial charge in [0.25, 0.3) is 5.91 Å². The summed E-state index contributed by atoms with van der Waals surface area (Å²) >= 11 is 0. The molecule has 3 aromatic rings. The van der Waals surface area contributed by atoms with Gasteiger partial charge in [-0.3, -0.25) is 9.59 Å². The van der Waals surface area contributed by atoms with Gasteiger partial charge in [0.1, 0.15) is 6.04 Å². The molecule has 4 rings (SSSR count). The first kappa shape index (κ1) is 29.4. The zero-order valence-corrected chi connectivity index (χ0v) is 23.9. The van der Waals surface area contributed by atoms with E-state index in [1.54, 1.807) is 60.7 Å². The summed E-state index contributed by atoms with van der Waals surface area (Å²) in [5.41, 5.74) is 0.395. The van der Waals surface area contributed by atoms with Crippen molar-refractivity contribution in [1.29, 1.82) is 0 Å². The van der Waals surface area contributed by atoms with E-state index in [-0.39, 0.29) is 40.2 Å². The summed E-state index contributed by atoms with van der Waals surface area (Å²) in [5.74, 6) is -1.15. The van der Waals surface area contributed by atoms with Gasteiger partial charge in [-0.25, -0.2) is 16.8 Å². The van der Waals surface area contributed by atoms with Crippen molar-refractivity contribution in [2.45, 2.75) is 42.1 Å². The van der Waals surface area contributed by atoms with Crippen molar-refractivity contribution in [2.24, 2.45) is 0 Å². The molecule has 0 aromatic heterocycles. The number of carbonyl (C=O) groups excluding carboxylic acids is 2. The predicted octanol–water partition coefficient (Wildman–Crippen LogP) is 2.92. The second-order valence-electron chi connectivity index (χ2n) is 9.44. The minimum absolute atomic E-state index is 0.0134. The molecular formula is C28H32N4O6S2. The van der Waals surface area contributed by atoms with Crippen LogP contribution in [-0.4, -0.2) is 69.0 Å². The second kappa shape index (κ2) is 12.3. The number of carbonyl (C=O) groups is 2. The van der Waals surface area contributed by atoms with Crippen LogP contribution in [-0.2, 0) is 24.8 Å². The number of hydrogen-bond acceptors (Lipinski definition) is 6. The zero-order chi connectivity index (χ0) is 28.9. The molecule has 2 atom stereocenters. The van der Waals surface area contributed by atoms with Crippen LogP contribution < -0.4 is 10.6 Å². The third kappa shape index (κ3) is 6.25. The van der Waals surface area contributed by atoms with E-state index >= 15 is 0 Å². The standard InChI is InChI=1S/C28H32N4O6S2/c1-3-21(2)29-27(33)24-16-10-11-17-25(24)30-28(34)26-20-31(39(35,36)22-12-6-4-7-13-22)18-19-32(26)40(37,38)23-14-8-5-9-15-23/h4-17,21,26H,3,18-20H2,1-2H3,(H,29,33)(H,30,34)/t21-,26+/m0/s1. The number of nitrogens with one attached hydrogen (secondary N) is 2. The molecule has 0 radical (unpaired) electrons. The fourth-order valence-electron chi connectivity index (χ4n) is 4.34. The maximum Gasteiger partial charge on any atom is 0.253 e. The number of amides is 2. The van der Waals surface area contributed by atoms with Gasteiger partial charge in [0.15, 0.2) is 0 Å². The lowest BCUT2D eigenvalue weighted by Crippen LogP contribution is -2.60. The molecule has 0 spiro atoms. The molecule has 0 aliphatic carbocycles. The molecule has 212 valence electrons. The summed E-state index contributed by atoms with van der Waals surface area (Å²) in [6, 6.07) is 20.3. The Balaban J connectivity index is 1.69. The largest absolute Gasteiger partial charge is 0.350 e. The van der Waals surface area contributed by atoms with E-state index in [1.807, 2.05) is 13.8 Å².